The van der Waals surface area contributed by atoms with Crippen molar-refractivity contribution in [1.29, 1.82) is 0 Å². The van der Waals surface area contributed by atoms with Gasteiger partial charge in [0.15, 0.2) is 0 Å². The second-order valence-corrected chi connectivity index (χ2v) is 6.14. The summed E-state index contributed by atoms with van der Waals surface area (Å²) in [6, 6.07) is 3.46. The van der Waals surface area contributed by atoms with Crippen LogP contribution in [0.2, 0.25) is 0 Å². The minimum absolute atomic E-state index is 0.0228. The van der Waals surface area contributed by atoms with Crippen molar-refractivity contribution >= 4 is 17.5 Å². The van der Waals surface area contributed by atoms with Gasteiger partial charge in [-0.2, -0.15) is 18.3 Å². The van der Waals surface area contributed by atoms with Crippen molar-refractivity contribution in [2.24, 2.45) is 5.92 Å². The number of hydrogen-bond donors (Lipinski definition) is 1. The Morgan fingerprint density at radius 2 is 2.07 bits per heavy atom. The standard InChI is InChI=1S/C17H16F3N5O2/c1-2-16(27)24-7-11(8-24)5-15(26)23-12-3-4-14(25-10-21-9-22-25)13(6-12)17(18,19)20/h2-4,6,9-11H,1,5,7-8H2,(H,23,26). The molecule has 0 spiro atoms. The van der Waals surface area contributed by atoms with Gasteiger partial charge in [-0.3, -0.25) is 9.59 Å². The van der Waals surface area contributed by atoms with E-state index < -0.39 is 17.6 Å². The molecule has 142 valence electrons. The lowest BCUT2D eigenvalue weighted by atomic mass is 9.95. The number of aromatic nitrogens is 3. The van der Waals surface area contributed by atoms with Gasteiger partial charge in [-0.05, 0) is 24.3 Å². The van der Waals surface area contributed by atoms with Crippen molar-refractivity contribution in [3.05, 3.63) is 49.1 Å². The molecule has 10 heteroatoms. The molecule has 0 aliphatic carbocycles. The van der Waals surface area contributed by atoms with Crippen LogP contribution in [0.15, 0.2) is 43.5 Å². The van der Waals surface area contributed by atoms with Crippen LogP contribution in [-0.4, -0.2) is 44.6 Å². The first-order chi connectivity index (χ1) is 12.8. The number of rotatable bonds is 5. The molecule has 2 aromatic rings. The minimum atomic E-state index is -4.62. The van der Waals surface area contributed by atoms with Gasteiger partial charge in [0.1, 0.15) is 12.7 Å². The maximum Gasteiger partial charge on any atom is 0.418 e. The Kier molecular flexibility index (Phi) is 4.98. The van der Waals surface area contributed by atoms with E-state index in [0.29, 0.717) is 13.1 Å². The van der Waals surface area contributed by atoms with E-state index in [4.69, 9.17) is 0 Å². The zero-order valence-electron chi connectivity index (χ0n) is 14.1. The lowest BCUT2D eigenvalue weighted by Gasteiger charge is -2.38. The largest absolute Gasteiger partial charge is 0.418 e. The van der Waals surface area contributed by atoms with Gasteiger partial charge in [-0.15, -0.1) is 0 Å². The summed E-state index contributed by atoms with van der Waals surface area (Å²) in [7, 11) is 0. The molecule has 2 heterocycles. The summed E-state index contributed by atoms with van der Waals surface area (Å²) in [5.41, 5.74) is -1.08. The fraction of sp³-hybridized carbons (Fsp3) is 0.294. The van der Waals surface area contributed by atoms with Crippen LogP contribution in [0.25, 0.3) is 5.69 Å². The van der Waals surface area contributed by atoms with Crippen LogP contribution in [0, 0.1) is 5.92 Å². The summed E-state index contributed by atoms with van der Waals surface area (Å²) in [4.78, 5) is 28.6. The smallest absolute Gasteiger partial charge is 0.338 e. The normalized spacial score (nSPS) is 14.6. The Balaban J connectivity index is 1.68. The van der Waals surface area contributed by atoms with Gasteiger partial charge in [-0.1, -0.05) is 6.58 Å². The molecule has 0 saturated carbocycles. The summed E-state index contributed by atoms with van der Waals surface area (Å²) >= 11 is 0. The Hall–Kier alpha value is -3.17. The second-order valence-electron chi connectivity index (χ2n) is 6.14. The first-order valence-corrected chi connectivity index (χ1v) is 8.05. The van der Waals surface area contributed by atoms with Crippen molar-refractivity contribution in [2.45, 2.75) is 12.6 Å². The molecule has 1 aliphatic heterocycles. The highest BCUT2D eigenvalue weighted by Gasteiger charge is 2.35. The van der Waals surface area contributed by atoms with Crippen molar-refractivity contribution < 1.29 is 22.8 Å². The molecular formula is C17H16F3N5O2. The molecule has 1 aromatic heterocycles. The van der Waals surface area contributed by atoms with Crippen molar-refractivity contribution in [2.75, 3.05) is 18.4 Å². The van der Waals surface area contributed by atoms with Crippen LogP contribution >= 0.6 is 0 Å². The first-order valence-electron chi connectivity index (χ1n) is 8.05. The van der Waals surface area contributed by atoms with Crippen LogP contribution in [0.5, 0.6) is 0 Å². The fourth-order valence-corrected chi connectivity index (χ4v) is 2.86. The number of likely N-dealkylation sites (tertiary alicyclic amines) is 1. The monoisotopic (exact) mass is 379 g/mol. The number of amides is 2. The van der Waals surface area contributed by atoms with E-state index >= 15 is 0 Å². The topological polar surface area (TPSA) is 80.1 Å². The molecule has 2 amide bonds. The highest BCUT2D eigenvalue weighted by atomic mass is 19.4. The Labute approximate surface area is 152 Å². The molecule has 1 fully saturated rings. The first kappa shape index (κ1) is 18.6. The summed E-state index contributed by atoms with van der Waals surface area (Å²) in [6.07, 6.45) is -1.01. The van der Waals surface area contributed by atoms with Crippen LogP contribution in [0.3, 0.4) is 0 Å². The van der Waals surface area contributed by atoms with Crippen molar-refractivity contribution in [1.82, 2.24) is 19.7 Å². The molecule has 0 bridgehead atoms. The van der Waals surface area contributed by atoms with Gasteiger partial charge < -0.3 is 10.2 Å². The summed E-state index contributed by atoms with van der Waals surface area (Å²) in [5.74, 6) is -0.636. The molecule has 27 heavy (non-hydrogen) atoms. The summed E-state index contributed by atoms with van der Waals surface area (Å²) < 4.78 is 41.1. The second kappa shape index (κ2) is 7.22. The number of nitrogens with zero attached hydrogens (tertiary/aromatic N) is 4. The Morgan fingerprint density at radius 1 is 1.33 bits per heavy atom. The average Bonchev–Trinajstić information content (AvgIpc) is 3.10. The number of carbonyl (C=O) groups excluding carboxylic acids is 2. The fourth-order valence-electron chi connectivity index (χ4n) is 2.86. The van der Waals surface area contributed by atoms with E-state index in [9.17, 15) is 22.8 Å². The molecular weight excluding hydrogens is 363 g/mol. The number of nitrogens with one attached hydrogen (secondary N) is 1. The predicted molar refractivity (Wildman–Crippen MR) is 89.9 cm³/mol. The van der Waals surface area contributed by atoms with E-state index in [1.54, 1.807) is 4.90 Å². The number of alkyl halides is 3. The Morgan fingerprint density at radius 3 is 2.67 bits per heavy atom. The van der Waals surface area contributed by atoms with Crippen LogP contribution in [-0.2, 0) is 15.8 Å². The van der Waals surface area contributed by atoms with E-state index in [-0.39, 0.29) is 29.6 Å². The molecule has 1 aromatic carbocycles. The maximum atomic E-state index is 13.4. The summed E-state index contributed by atoms with van der Waals surface area (Å²) in [6.45, 7) is 4.24. The Bertz CT molecular complexity index is 858. The van der Waals surface area contributed by atoms with Gasteiger partial charge in [0.25, 0.3) is 0 Å². The molecule has 3 rings (SSSR count). The number of halogens is 3. The summed E-state index contributed by atoms with van der Waals surface area (Å²) in [5, 5.41) is 6.19. The van der Waals surface area contributed by atoms with Crippen LogP contribution < -0.4 is 5.32 Å². The van der Waals surface area contributed by atoms with Crippen LogP contribution in [0.1, 0.15) is 12.0 Å². The molecule has 0 radical (unpaired) electrons. The van der Waals surface area contributed by atoms with E-state index in [1.165, 1.54) is 18.2 Å². The zero-order chi connectivity index (χ0) is 19.6. The zero-order valence-corrected chi connectivity index (χ0v) is 14.1. The highest BCUT2D eigenvalue weighted by molar-refractivity contribution is 5.92. The van der Waals surface area contributed by atoms with E-state index in [2.05, 4.69) is 22.0 Å². The van der Waals surface area contributed by atoms with E-state index in [1.807, 2.05) is 0 Å². The van der Waals surface area contributed by atoms with Gasteiger partial charge in [-0.25, -0.2) is 9.67 Å². The number of hydrogen-bond acceptors (Lipinski definition) is 4. The molecule has 0 unspecified atom stereocenters. The minimum Gasteiger partial charge on any atom is -0.338 e. The van der Waals surface area contributed by atoms with Gasteiger partial charge in [0, 0.05) is 31.1 Å². The third kappa shape index (κ3) is 4.15. The molecule has 1 saturated heterocycles. The van der Waals surface area contributed by atoms with Gasteiger partial charge >= 0.3 is 6.18 Å². The number of benzene rings is 1. The molecule has 0 atom stereocenters. The highest BCUT2D eigenvalue weighted by Crippen LogP contribution is 2.35. The molecule has 1 aliphatic rings. The van der Waals surface area contributed by atoms with Crippen molar-refractivity contribution in [3.63, 3.8) is 0 Å². The van der Waals surface area contributed by atoms with Crippen LogP contribution in [0.4, 0.5) is 18.9 Å². The third-order valence-corrected chi connectivity index (χ3v) is 4.17. The average molecular weight is 379 g/mol. The quantitative estimate of drug-likeness (QED) is 0.809. The predicted octanol–water partition coefficient (Wildman–Crippen LogP) is 2.26. The lowest BCUT2D eigenvalue weighted by Crippen LogP contribution is -2.50. The van der Waals surface area contributed by atoms with Gasteiger partial charge in [0.05, 0.1) is 11.3 Å². The maximum absolute atomic E-state index is 13.4. The number of carbonyl (C=O) groups is 2. The SMILES string of the molecule is C=CC(=O)N1CC(CC(=O)Nc2ccc(-n3cncn3)c(C(F)(F)F)c2)C1. The molecule has 1 N–H and O–H groups in total. The lowest BCUT2D eigenvalue weighted by molar-refractivity contribution is -0.137. The van der Waals surface area contributed by atoms with Gasteiger partial charge in [0.2, 0.25) is 11.8 Å². The van der Waals surface area contributed by atoms with Crippen molar-refractivity contribution in [3.8, 4) is 5.69 Å². The third-order valence-electron chi connectivity index (χ3n) is 4.17. The molecule has 7 nitrogen and oxygen atoms in total. The van der Waals surface area contributed by atoms with E-state index in [0.717, 1.165) is 23.4 Å². The number of anilines is 1.